The first-order valence-corrected chi connectivity index (χ1v) is 9.00. The molecular weight excluding hydrogens is 348 g/mol. The number of hydrogen-bond acceptors (Lipinski definition) is 7. The van der Waals surface area contributed by atoms with Crippen molar-refractivity contribution < 1.29 is 23.7 Å². The molecule has 0 N–H and O–H groups in total. The molecule has 1 aromatic carbocycles. The summed E-state index contributed by atoms with van der Waals surface area (Å²) in [6.07, 6.45) is 3.45. The molecule has 0 aliphatic carbocycles. The molecule has 2 aromatic rings. The maximum atomic E-state index is 5.84. The highest BCUT2D eigenvalue weighted by molar-refractivity contribution is 5.79. The smallest absolute Gasteiger partial charge is 0.163 e. The van der Waals surface area contributed by atoms with Gasteiger partial charge in [-0.2, -0.15) is 0 Å². The van der Waals surface area contributed by atoms with Crippen LogP contribution in [-0.2, 0) is 14.2 Å². The van der Waals surface area contributed by atoms with E-state index >= 15 is 0 Å². The predicted octanol–water partition coefficient (Wildman–Crippen LogP) is 2.65. The van der Waals surface area contributed by atoms with Crippen molar-refractivity contribution in [3.63, 3.8) is 0 Å². The van der Waals surface area contributed by atoms with Crippen LogP contribution in [-0.4, -0.2) is 64.1 Å². The van der Waals surface area contributed by atoms with Crippen molar-refractivity contribution >= 4 is 11.9 Å². The van der Waals surface area contributed by atoms with Crippen molar-refractivity contribution in [3.8, 4) is 11.5 Å². The minimum atomic E-state index is 0.417. The molecule has 7 nitrogen and oxygen atoms in total. The average Bonchev–Trinajstić information content (AvgIpc) is 2.72. The van der Waals surface area contributed by atoms with Gasteiger partial charge in [0, 0.05) is 12.3 Å². The van der Waals surface area contributed by atoms with Gasteiger partial charge in [0.15, 0.2) is 11.5 Å². The summed E-state index contributed by atoms with van der Waals surface area (Å²) >= 11 is 0. The summed E-state index contributed by atoms with van der Waals surface area (Å²) in [6, 6.07) is 11.3. The molecular formula is C20H24N2O5. The Morgan fingerprint density at radius 1 is 0.741 bits per heavy atom. The maximum Gasteiger partial charge on any atom is 0.163 e. The zero-order valence-corrected chi connectivity index (χ0v) is 15.2. The van der Waals surface area contributed by atoms with Crippen LogP contribution in [0.5, 0.6) is 11.5 Å². The van der Waals surface area contributed by atoms with Gasteiger partial charge in [-0.15, -0.1) is 0 Å². The Labute approximate surface area is 158 Å². The number of nitrogens with zero attached hydrogens (tertiary/aromatic N) is 2. The van der Waals surface area contributed by atoms with Crippen LogP contribution in [0.2, 0.25) is 0 Å². The number of ether oxygens (including phenoxy) is 5. The summed E-state index contributed by atoms with van der Waals surface area (Å²) in [5.41, 5.74) is 1.55. The minimum absolute atomic E-state index is 0.417. The lowest BCUT2D eigenvalue weighted by Crippen LogP contribution is -2.13. The predicted molar refractivity (Wildman–Crippen MR) is 101 cm³/mol. The largest absolute Gasteiger partial charge is 0.487 e. The van der Waals surface area contributed by atoms with Crippen molar-refractivity contribution in [3.05, 3.63) is 48.3 Å². The van der Waals surface area contributed by atoms with E-state index < -0.39 is 0 Å². The molecule has 1 aliphatic rings. The monoisotopic (exact) mass is 372 g/mol. The van der Waals surface area contributed by atoms with Gasteiger partial charge in [-0.3, -0.25) is 9.98 Å². The van der Waals surface area contributed by atoms with Gasteiger partial charge in [-0.25, -0.2) is 0 Å². The second kappa shape index (κ2) is 11.3. The number of aliphatic imine (C=N–C) groups is 1. The molecule has 144 valence electrons. The van der Waals surface area contributed by atoms with Crippen molar-refractivity contribution in [2.45, 2.75) is 0 Å². The van der Waals surface area contributed by atoms with E-state index in [0.29, 0.717) is 64.4 Å². The molecule has 0 fully saturated rings. The van der Waals surface area contributed by atoms with Crippen LogP contribution < -0.4 is 9.47 Å². The SMILES string of the molecule is C(=Nc1ccc2c(c1)OCCOCCOCCOCCO2)c1ccccn1. The van der Waals surface area contributed by atoms with E-state index in [1.807, 2.05) is 36.4 Å². The topological polar surface area (TPSA) is 71.4 Å². The number of pyridine rings is 1. The van der Waals surface area contributed by atoms with Crippen molar-refractivity contribution in [2.75, 3.05) is 52.9 Å². The standard InChI is InChI=1S/C20H24N2O5/c1-2-6-21-18(3-1)16-22-17-4-5-19-20(15-17)27-14-12-25-10-8-23-7-9-24-11-13-26-19/h1-6,15-16H,7-14H2. The molecule has 3 rings (SSSR count). The Bertz CT molecular complexity index is 709. The molecule has 1 aromatic heterocycles. The first-order chi connectivity index (χ1) is 13.4. The molecule has 0 radical (unpaired) electrons. The van der Waals surface area contributed by atoms with E-state index in [1.54, 1.807) is 12.4 Å². The molecule has 0 bridgehead atoms. The summed E-state index contributed by atoms with van der Waals surface area (Å²) in [5, 5.41) is 0. The number of aromatic nitrogens is 1. The average molecular weight is 372 g/mol. The summed E-state index contributed by atoms with van der Waals surface area (Å²) in [7, 11) is 0. The van der Waals surface area contributed by atoms with Crippen LogP contribution >= 0.6 is 0 Å². The van der Waals surface area contributed by atoms with Gasteiger partial charge in [-0.1, -0.05) is 6.07 Å². The Hall–Kier alpha value is -2.48. The fourth-order valence-electron chi connectivity index (χ4n) is 2.37. The van der Waals surface area contributed by atoms with Crippen LogP contribution in [0.25, 0.3) is 0 Å². The molecule has 0 amide bonds. The Morgan fingerprint density at radius 3 is 2.07 bits per heavy atom. The highest BCUT2D eigenvalue weighted by atomic mass is 16.6. The van der Waals surface area contributed by atoms with Gasteiger partial charge in [-0.05, 0) is 24.3 Å². The molecule has 0 saturated heterocycles. The third-order valence-electron chi connectivity index (χ3n) is 3.68. The number of fused-ring (bicyclic) bond motifs is 1. The molecule has 2 heterocycles. The van der Waals surface area contributed by atoms with Crippen LogP contribution in [0.15, 0.2) is 47.6 Å². The summed E-state index contributed by atoms with van der Waals surface area (Å²) in [6.45, 7) is 3.97. The second-order valence-electron chi connectivity index (χ2n) is 5.68. The van der Waals surface area contributed by atoms with Crippen LogP contribution in [0, 0.1) is 0 Å². The summed E-state index contributed by atoms with van der Waals surface area (Å²) in [5.74, 6) is 1.28. The lowest BCUT2D eigenvalue weighted by Gasteiger charge is -2.13. The Balaban J connectivity index is 1.67. The van der Waals surface area contributed by atoms with Crippen LogP contribution in [0.4, 0.5) is 5.69 Å². The quantitative estimate of drug-likeness (QED) is 0.755. The normalized spacial score (nSPS) is 17.2. The van der Waals surface area contributed by atoms with Gasteiger partial charge in [0.1, 0.15) is 13.2 Å². The van der Waals surface area contributed by atoms with Crippen LogP contribution in [0.3, 0.4) is 0 Å². The maximum absolute atomic E-state index is 5.84. The molecule has 0 spiro atoms. The molecule has 0 saturated carbocycles. The number of benzene rings is 1. The van der Waals surface area contributed by atoms with E-state index in [2.05, 4.69) is 9.98 Å². The number of hydrogen-bond donors (Lipinski definition) is 0. The summed E-state index contributed by atoms with van der Waals surface area (Å²) < 4.78 is 28.0. The Kier molecular flexibility index (Phi) is 8.06. The summed E-state index contributed by atoms with van der Waals surface area (Å²) in [4.78, 5) is 8.69. The van der Waals surface area contributed by atoms with Gasteiger partial charge >= 0.3 is 0 Å². The molecule has 7 heteroatoms. The first kappa shape index (κ1) is 19.3. The second-order valence-corrected chi connectivity index (χ2v) is 5.68. The Morgan fingerprint density at radius 2 is 1.41 bits per heavy atom. The van der Waals surface area contributed by atoms with Crippen molar-refractivity contribution in [2.24, 2.45) is 4.99 Å². The van der Waals surface area contributed by atoms with E-state index in [9.17, 15) is 0 Å². The van der Waals surface area contributed by atoms with E-state index in [1.165, 1.54) is 0 Å². The fraction of sp³-hybridized carbons (Fsp3) is 0.400. The van der Waals surface area contributed by atoms with Crippen LogP contribution in [0.1, 0.15) is 5.69 Å². The molecule has 27 heavy (non-hydrogen) atoms. The highest BCUT2D eigenvalue weighted by Crippen LogP contribution is 2.31. The number of rotatable bonds is 2. The van der Waals surface area contributed by atoms with Gasteiger partial charge in [0.2, 0.25) is 0 Å². The molecule has 0 atom stereocenters. The minimum Gasteiger partial charge on any atom is -0.487 e. The van der Waals surface area contributed by atoms with E-state index in [-0.39, 0.29) is 0 Å². The highest BCUT2D eigenvalue weighted by Gasteiger charge is 2.08. The molecule has 0 unspecified atom stereocenters. The van der Waals surface area contributed by atoms with E-state index in [0.717, 1.165) is 11.4 Å². The van der Waals surface area contributed by atoms with Gasteiger partial charge in [0.25, 0.3) is 0 Å². The third kappa shape index (κ3) is 6.97. The van der Waals surface area contributed by atoms with E-state index in [4.69, 9.17) is 23.7 Å². The lowest BCUT2D eigenvalue weighted by molar-refractivity contribution is 0.00708. The lowest BCUT2D eigenvalue weighted by atomic mass is 10.2. The fourth-order valence-corrected chi connectivity index (χ4v) is 2.37. The zero-order chi connectivity index (χ0) is 18.6. The van der Waals surface area contributed by atoms with Gasteiger partial charge in [0.05, 0.1) is 57.2 Å². The van der Waals surface area contributed by atoms with Gasteiger partial charge < -0.3 is 23.7 Å². The first-order valence-electron chi connectivity index (χ1n) is 9.00. The van der Waals surface area contributed by atoms with Crippen molar-refractivity contribution in [1.82, 2.24) is 4.98 Å². The zero-order valence-electron chi connectivity index (χ0n) is 15.2. The molecule has 1 aliphatic heterocycles. The third-order valence-corrected chi connectivity index (χ3v) is 3.68. The van der Waals surface area contributed by atoms with Crippen molar-refractivity contribution in [1.29, 1.82) is 0 Å².